The Hall–Kier alpha value is -2.60. The van der Waals surface area contributed by atoms with Gasteiger partial charge in [-0.05, 0) is 12.0 Å². The molecule has 3 rings (SSSR count). The lowest BCUT2D eigenvalue weighted by molar-refractivity contribution is -0.0501. The van der Waals surface area contributed by atoms with Crippen LogP contribution in [0.5, 0.6) is 5.88 Å². The molecule has 150 valence electrons. The second kappa shape index (κ2) is 7.80. The molecule has 0 atom stereocenters. The molecule has 3 heterocycles. The van der Waals surface area contributed by atoms with E-state index in [2.05, 4.69) is 19.1 Å². The highest BCUT2D eigenvalue weighted by Crippen LogP contribution is 2.29. The third-order valence-corrected chi connectivity index (χ3v) is 4.86. The van der Waals surface area contributed by atoms with Gasteiger partial charge in [-0.1, -0.05) is 0 Å². The second-order valence-corrected chi connectivity index (χ2v) is 7.36. The summed E-state index contributed by atoms with van der Waals surface area (Å²) in [5.74, 6) is -1.30. The lowest BCUT2D eigenvalue weighted by Gasteiger charge is -2.14. The molecular weight excluding hydrogens is 403 g/mol. The lowest BCUT2D eigenvalue weighted by Crippen LogP contribution is -2.28. The quantitative estimate of drug-likeness (QED) is 0.410. The molecule has 0 N–H and O–H groups in total. The van der Waals surface area contributed by atoms with Gasteiger partial charge in [-0.3, -0.25) is 14.8 Å². The van der Waals surface area contributed by atoms with E-state index < -0.39 is 27.3 Å². The van der Waals surface area contributed by atoms with Gasteiger partial charge in [0.1, 0.15) is 0 Å². The van der Waals surface area contributed by atoms with Crippen molar-refractivity contribution in [3.63, 3.8) is 0 Å². The van der Waals surface area contributed by atoms with Gasteiger partial charge in [0, 0.05) is 36.6 Å². The van der Waals surface area contributed by atoms with Gasteiger partial charge < -0.3 is 8.92 Å². The first-order valence-electron chi connectivity index (χ1n) is 8.07. The number of hydrogen-bond donors (Lipinski definition) is 0. The molecule has 0 bridgehead atoms. The SMILES string of the molecule is O=C(Cc1cnccn1)c1cc(OS(=O)(=O)C(F)(F)F)nc2c1CCOCC2. The van der Waals surface area contributed by atoms with Crippen LogP contribution < -0.4 is 4.18 Å². The van der Waals surface area contributed by atoms with E-state index in [0.29, 0.717) is 24.3 Å². The molecular formula is C16H14F3N3O5S. The van der Waals surface area contributed by atoms with E-state index in [9.17, 15) is 26.4 Å². The summed E-state index contributed by atoms with van der Waals surface area (Å²) < 4.78 is 70.0. The van der Waals surface area contributed by atoms with Crippen LogP contribution in [0.15, 0.2) is 24.7 Å². The maximum absolute atomic E-state index is 12.7. The summed E-state index contributed by atoms with van der Waals surface area (Å²) in [5.41, 5.74) is -4.49. The summed E-state index contributed by atoms with van der Waals surface area (Å²) in [4.78, 5) is 24.5. The van der Waals surface area contributed by atoms with E-state index in [4.69, 9.17) is 4.74 Å². The number of nitrogens with zero attached hydrogens (tertiary/aromatic N) is 3. The van der Waals surface area contributed by atoms with Crippen molar-refractivity contribution in [3.05, 3.63) is 47.2 Å². The minimum absolute atomic E-state index is 0.0218. The van der Waals surface area contributed by atoms with E-state index in [0.717, 1.165) is 6.07 Å². The van der Waals surface area contributed by atoms with Gasteiger partial charge >= 0.3 is 15.6 Å². The normalized spacial score (nSPS) is 14.8. The van der Waals surface area contributed by atoms with E-state index in [1.807, 2.05) is 0 Å². The van der Waals surface area contributed by atoms with Crippen molar-refractivity contribution in [1.82, 2.24) is 15.0 Å². The molecule has 0 fully saturated rings. The number of aromatic nitrogens is 3. The Bertz CT molecular complexity index is 981. The summed E-state index contributed by atoms with van der Waals surface area (Å²) >= 11 is 0. The van der Waals surface area contributed by atoms with Crippen LogP contribution in [-0.2, 0) is 34.1 Å². The van der Waals surface area contributed by atoms with E-state index in [1.165, 1.54) is 18.6 Å². The smallest absolute Gasteiger partial charge is 0.381 e. The Labute approximate surface area is 157 Å². The highest BCUT2D eigenvalue weighted by Gasteiger charge is 2.49. The molecule has 1 aliphatic heterocycles. The first-order valence-corrected chi connectivity index (χ1v) is 9.47. The van der Waals surface area contributed by atoms with Crippen LogP contribution in [0.1, 0.15) is 27.3 Å². The summed E-state index contributed by atoms with van der Waals surface area (Å²) in [6, 6.07) is 0.909. The molecule has 0 spiro atoms. The highest BCUT2D eigenvalue weighted by atomic mass is 32.2. The average Bonchev–Trinajstić information content (AvgIpc) is 2.86. The number of fused-ring (bicyclic) bond motifs is 1. The van der Waals surface area contributed by atoms with Crippen LogP contribution in [-0.4, -0.2) is 47.9 Å². The predicted molar refractivity (Wildman–Crippen MR) is 88.1 cm³/mol. The third-order valence-electron chi connectivity index (χ3n) is 3.90. The van der Waals surface area contributed by atoms with Gasteiger partial charge in [-0.2, -0.15) is 21.6 Å². The number of pyridine rings is 1. The molecule has 8 nitrogen and oxygen atoms in total. The fraction of sp³-hybridized carbons (Fsp3) is 0.375. The topological polar surface area (TPSA) is 108 Å². The average molecular weight is 417 g/mol. The zero-order valence-corrected chi connectivity index (χ0v) is 15.1. The Morgan fingerprint density at radius 2 is 1.96 bits per heavy atom. The third kappa shape index (κ3) is 4.44. The van der Waals surface area contributed by atoms with E-state index >= 15 is 0 Å². The Morgan fingerprint density at radius 3 is 2.64 bits per heavy atom. The molecule has 0 aliphatic carbocycles. The molecule has 2 aromatic rings. The van der Waals surface area contributed by atoms with Crippen molar-refractivity contribution < 1.29 is 35.3 Å². The van der Waals surface area contributed by atoms with E-state index in [-0.39, 0.29) is 30.7 Å². The van der Waals surface area contributed by atoms with Crippen LogP contribution >= 0.6 is 0 Å². The zero-order valence-electron chi connectivity index (χ0n) is 14.3. The van der Waals surface area contributed by atoms with Crippen LogP contribution in [0, 0.1) is 0 Å². The van der Waals surface area contributed by atoms with Crippen molar-refractivity contribution >= 4 is 15.9 Å². The minimum atomic E-state index is -5.92. The summed E-state index contributed by atoms with van der Waals surface area (Å²) in [6.45, 7) is 0.522. The highest BCUT2D eigenvalue weighted by molar-refractivity contribution is 7.87. The van der Waals surface area contributed by atoms with Gasteiger partial charge in [0.25, 0.3) is 0 Å². The monoisotopic (exact) mass is 417 g/mol. The van der Waals surface area contributed by atoms with Gasteiger partial charge in [0.15, 0.2) is 5.78 Å². The number of rotatable bonds is 5. The number of Topliss-reactive ketones (excluding diaryl/α,β-unsaturated/α-hetero) is 1. The van der Waals surface area contributed by atoms with Crippen molar-refractivity contribution in [2.75, 3.05) is 13.2 Å². The molecule has 1 aliphatic rings. The first-order chi connectivity index (χ1) is 13.2. The second-order valence-electron chi connectivity index (χ2n) is 5.83. The lowest BCUT2D eigenvalue weighted by atomic mass is 9.97. The van der Waals surface area contributed by atoms with Crippen molar-refractivity contribution in [1.29, 1.82) is 0 Å². The summed E-state index contributed by atoms with van der Waals surface area (Å²) in [5, 5.41) is 0. The van der Waals surface area contributed by atoms with Gasteiger partial charge in [0.05, 0.1) is 31.0 Å². The molecule has 2 aromatic heterocycles. The molecule has 0 saturated carbocycles. The van der Waals surface area contributed by atoms with Crippen LogP contribution in [0.4, 0.5) is 13.2 Å². The van der Waals surface area contributed by atoms with Crippen molar-refractivity contribution in [3.8, 4) is 5.88 Å². The maximum Gasteiger partial charge on any atom is 0.534 e. The number of alkyl halides is 3. The Balaban J connectivity index is 2.01. The van der Waals surface area contributed by atoms with Crippen molar-refractivity contribution in [2.24, 2.45) is 0 Å². The molecule has 0 aromatic carbocycles. The number of ether oxygens (including phenoxy) is 1. The van der Waals surface area contributed by atoms with E-state index in [1.54, 1.807) is 0 Å². The molecule has 12 heteroatoms. The van der Waals surface area contributed by atoms with Gasteiger partial charge in [-0.25, -0.2) is 4.98 Å². The minimum Gasteiger partial charge on any atom is -0.381 e. The Kier molecular flexibility index (Phi) is 5.61. The fourth-order valence-electron chi connectivity index (χ4n) is 2.66. The van der Waals surface area contributed by atoms with Crippen molar-refractivity contribution in [2.45, 2.75) is 24.8 Å². The molecule has 0 unspecified atom stereocenters. The Morgan fingerprint density at radius 1 is 1.21 bits per heavy atom. The standard InChI is InChI=1S/C16H14F3N3O5S/c17-16(18,19)28(24,25)27-15-8-12(11-1-5-26-6-2-13(11)22-15)14(23)7-10-9-20-3-4-21-10/h3-4,8-9H,1-2,5-7H2. The first kappa shape index (κ1) is 20.1. The van der Waals surface area contributed by atoms with Gasteiger partial charge in [-0.15, -0.1) is 0 Å². The predicted octanol–water partition coefficient (Wildman–Crippen LogP) is 1.64. The molecule has 0 saturated heterocycles. The molecule has 0 radical (unpaired) electrons. The fourth-order valence-corrected chi connectivity index (χ4v) is 3.07. The summed E-state index contributed by atoms with van der Waals surface area (Å²) in [7, 11) is -5.92. The largest absolute Gasteiger partial charge is 0.534 e. The number of carbonyl (C=O) groups excluding carboxylic acids is 1. The summed E-state index contributed by atoms with van der Waals surface area (Å²) in [6.07, 6.45) is 4.54. The van der Waals surface area contributed by atoms with Gasteiger partial charge in [0.2, 0.25) is 5.88 Å². The van der Waals surface area contributed by atoms with Crippen LogP contribution in [0.3, 0.4) is 0 Å². The number of carbonyl (C=O) groups is 1. The zero-order chi connectivity index (χ0) is 20.4. The molecule has 28 heavy (non-hydrogen) atoms. The number of halogens is 3. The molecule has 0 amide bonds. The van der Waals surface area contributed by atoms with Crippen LogP contribution in [0.2, 0.25) is 0 Å². The maximum atomic E-state index is 12.7. The number of ketones is 1. The number of hydrogen-bond acceptors (Lipinski definition) is 8. The van der Waals surface area contributed by atoms with Crippen LogP contribution in [0.25, 0.3) is 0 Å².